The molecule has 27 heavy (non-hydrogen) atoms. The summed E-state index contributed by atoms with van der Waals surface area (Å²) in [4.78, 5) is 6.96. The Hall–Kier alpha value is -1.02. The fourth-order valence-corrected chi connectivity index (χ4v) is 3.94. The Kier molecular flexibility index (Phi) is 9.15. The quantitative estimate of drug-likeness (QED) is 0.369. The van der Waals surface area contributed by atoms with E-state index >= 15 is 0 Å². The SMILES string of the molecule is CN=C(NCCc1ccc2c(c1)CCO2)NCC(C)N1CCCC(C)C1.I. The summed E-state index contributed by atoms with van der Waals surface area (Å²) in [7, 11) is 1.84. The second kappa shape index (κ2) is 11.1. The first-order valence-corrected chi connectivity index (χ1v) is 10.1. The normalized spacial score (nSPS) is 21.0. The number of rotatable bonds is 6. The Morgan fingerprint density at radius 1 is 1.37 bits per heavy atom. The Morgan fingerprint density at radius 3 is 3.00 bits per heavy atom. The Balaban J connectivity index is 0.00000261. The molecule has 0 saturated carbocycles. The van der Waals surface area contributed by atoms with Crippen LogP contribution in [-0.2, 0) is 12.8 Å². The molecule has 3 rings (SSSR count). The van der Waals surface area contributed by atoms with Crippen molar-refractivity contribution in [2.24, 2.45) is 10.9 Å². The molecule has 2 aliphatic rings. The molecule has 2 atom stereocenters. The highest BCUT2D eigenvalue weighted by Crippen LogP contribution is 2.25. The highest BCUT2D eigenvalue weighted by Gasteiger charge is 2.20. The second-order valence-corrected chi connectivity index (χ2v) is 7.76. The van der Waals surface area contributed by atoms with E-state index < -0.39 is 0 Å². The zero-order valence-electron chi connectivity index (χ0n) is 17.0. The average molecular weight is 486 g/mol. The lowest BCUT2D eigenvalue weighted by atomic mass is 9.99. The van der Waals surface area contributed by atoms with Crippen molar-refractivity contribution in [2.45, 2.75) is 45.6 Å². The van der Waals surface area contributed by atoms with Gasteiger partial charge < -0.3 is 15.4 Å². The minimum Gasteiger partial charge on any atom is -0.493 e. The van der Waals surface area contributed by atoms with E-state index in [-0.39, 0.29) is 24.0 Å². The summed E-state index contributed by atoms with van der Waals surface area (Å²) in [5.74, 6) is 2.77. The fourth-order valence-electron chi connectivity index (χ4n) is 3.94. The third-order valence-corrected chi connectivity index (χ3v) is 5.56. The van der Waals surface area contributed by atoms with Crippen molar-refractivity contribution in [3.8, 4) is 5.75 Å². The summed E-state index contributed by atoms with van der Waals surface area (Å²) in [5, 5.41) is 6.93. The number of nitrogens with one attached hydrogen (secondary N) is 2. The number of fused-ring (bicyclic) bond motifs is 1. The summed E-state index contributed by atoms with van der Waals surface area (Å²) < 4.78 is 5.58. The Labute approximate surface area is 181 Å². The van der Waals surface area contributed by atoms with Gasteiger partial charge in [0.1, 0.15) is 5.75 Å². The first-order valence-electron chi connectivity index (χ1n) is 10.1. The van der Waals surface area contributed by atoms with Gasteiger partial charge in [0.2, 0.25) is 0 Å². The van der Waals surface area contributed by atoms with Crippen LogP contribution in [0.4, 0.5) is 0 Å². The molecule has 0 radical (unpaired) electrons. The average Bonchev–Trinajstić information content (AvgIpc) is 3.12. The molecule has 2 N–H and O–H groups in total. The van der Waals surface area contributed by atoms with Gasteiger partial charge in [-0.2, -0.15) is 0 Å². The van der Waals surface area contributed by atoms with Gasteiger partial charge in [0.05, 0.1) is 6.61 Å². The maximum Gasteiger partial charge on any atom is 0.191 e. The maximum absolute atomic E-state index is 5.58. The first kappa shape index (κ1) is 22.3. The lowest BCUT2D eigenvalue weighted by Crippen LogP contribution is -2.48. The number of guanidine groups is 1. The molecule has 0 aliphatic carbocycles. The molecular weight excluding hydrogens is 451 g/mol. The number of aliphatic imine (C=N–C) groups is 1. The van der Waals surface area contributed by atoms with Crippen LogP contribution in [0.2, 0.25) is 0 Å². The molecule has 1 saturated heterocycles. The highest BCUT2D eigenvalue weighted by molar-refractivity contribution is 14.0. The second-order valence-electron chi connectivity index (χ2n) is 7.76. The minimum absolute atomic E-state index is 0. The van der Waals surface area contributed by atoms with Crippen molar-refractivity contribution >= 4 is 29.9 Å². The smallest absolute Gasteiger partial charge is 0.191 e. The van der Waals surface area contributed by atoms with Crippen LogP contribution in [0.5, 0.6) is 5.75 Å². The summed E-state index contributed by atoms with van der Waals surface area (Å²) in [6.07, 6.45) is 4.72. The summed E-state index contributed by atoms with van der Waals surface area (Å²) in [6.45, 7) is 9.75. The van der Waals surface area contributed by atoms with Crippen LogP contribution in [0.15, 0.2) is 23.2 Å². The lowest BCUT2D eigenvalue weighted by molar-refractivity contribution is 0.139. The molecule has 2 unspecified atom stereocenters. The molecular formula is C21H35IN4O. The van der Waals surface area contributed by atoms with Crippen LogP contribution >= 0.6 is 24.0 Å². The molecule has 1 aromatic carbocycles. The number of nitrogens with zero attached hydrogens (tertiary/aromatic N) is 2. The molecule has 0 spiro atoms. The molecule has 1 aromatic rings. The predicted octanol–water partition coefficient (Wildman–Crippen LogP) is 3.07. The molecule has 0 aromatic heterocycles. The van der Waals surface area contributed by atoms with Gasteiger partial charge >= 0.3 is 0 Å². The zero-order valence-corrected chi connectivity index (χ0v) is 19.3. The summed E-state index contributed by atoms with van der Waals surface area (Å²) >= 11 is 0. The van der Waals surface area contributed by atoms with E-state index in [0.717, 1.165) is 50.2 Å². The first-order chi connectivity index (χ1) is 12.7. The summed E-state index contributed by atoms with van der Waals surface area (Å²) in [6, 6.07) is 7.08. The highest BCUT2D eigenvalue weighted by atomic mass is 127. The van der Waals surface area contributed by atoms with Crippen LogP contribution in [0.25, 0.3) is 0 Å². The molecule has 152 valence electrons. The van der Waals surface area contributed by atoms with Crippen LogP contribution in [0.1, 0.15) is 37.8 Å². The van der Waals surface area contributed by atoms with Crippen molar-refractivity contribution in [1.82, 2.24) is 15.5 Å². The molecule has 5 nitrogen and oxygen atoms in total. The third kappa shape index (κ3) is 6.52. The zero-order chi connectivity index (χ0) is 18.4. The molecule has 2 aliphatic heterocycles. The molecule has 1 fully saturated rings. The maximum atomic E-state index is 5.58. The predicted molar refractivity (Wildman–Crippen MR) is 124 cm³/mol. The van der Waals surface area contributed by atoms with E-state index in [0.29, 0.717) is 6.04 Å². The number of likely N-dealkylation sites (tertiary alicyclic amines) is 1. The molecule has 0 amide bonds. The van der Waals surface area contributed by atoms with Crippen LogP contribution in [-0.4, -0.2) is 56.7 Å². The van der Waals surface area contributed by atoms with Gasteiger partial charge in [-0.15, -0.1) is 24.0 Å². The van der Waals surface area contributed by atoms with Gasteiger partial charge in [-0.25, -0.2) is 0 Å². The molecule has 0 bridgehead atoms. The third-order valence-electron chi connectivity index (χ3n) is 5.56. The molecule has 2 heterocycles. The Morgan fingerprint density at radius 2 is 2.22 bits per heavy atom. The summed E-state index contributed by atoms with van der Waals surface area (Å²) in [5.41, 5.74) is 2.70. The number of benzene rings is 1. The van der Waals surface area contributed by atoms with E-state index in [4.69, 9.17) is 4.74 Å². The van der Waals surface area contributed by atoms with Crippen LogP contribution < -0.4 is 15.4 Å². The van der Waals surface area contributed by atoms with Gasteiger partial charge in [-0.1, -0.05) is 19.1 Å². The van der Waals surface area contributed by atoms with Gasteiger partial charge in [0, 0.05) is 39.1 Å². The van der Waals surface area contributed by atoms with E-state index in [9.17, 15) is 0 Å². The Bertz CT molecular complexity index is 622. The van der Waals surface area contributed by atoms with Crippen molar-refractivity contribution in [2.75, 3.05) is 39.8 Å². The molecule has 6 heteroatoms. The van der Waals surface area contributed by atoms with E-state index in [2.05, 4.69) is 52.6 Å². The number of hydrogen-bond donors (Lipinski definition) is 2. The van der Waals surface area contributed by atoms with Crippen molar-refractivity contribution in [1.29, 1.82) is 0 Å². The standard InChI is InChI=1S/C21H34N4O.HI/c1-16-5-4-11-25(15-16)17(2)14-24-21(22-3)23-10-8-18-6-7-20-19(13-18)9-12-26-20;/h6-7,13,16-17H,4-5,8-12,14-15H2,1-3H3,(H2,22,23,24);1H. The fraction of sp³-hybridized carbons (Fsp3) is 0.667. The van der Waals surface area contributed by atoms with Crippen molar-refractivity contribution < 1.29 is 4.74 Å². The van der Waals surface area contributed by atoms with Crippen LogP contribution in [0.3, 0.4) is 0 Å². The van der Waals surface area contributed by atoms with E-state index in [1.165, 1.54) is 37.1 Å². The van der Waals surface area contributed by atoms with Gasteiger partial charge in [0.25, 0.3) is 0 Å². The van der Waals surface area contributed by atoms with Gasteiger partial charge in [-0.3, -0.25) is 9.89 Å². The van der Waals surface area contributed by atoms with E-state index in [1.807, 2.05) is 7.05 Å². The number of halogens is 1. The largest absolute Gasteiger partial charge is 0.493 e. The van der Waals surface area contributed by atoms with Crippen molar-refractivity contribution in [3.05, 3.63) is 29.3 Å². The van der Waals surface area contributed by atoms with Crippen molar-refractivity contribution in [3.63, 3.8) is 0 Å². The topological polar surface area (TPSA) is 48.9 Å². The number of ether oxygens (including phenoxy) is 1. The van der Waals surface area contributed by atoms with E-state index in [1.54, 1.807) is 0 Å². The monoisotopic (exact) mass is 486 g/mol. The lowest BCUT2D eigenvalue weighted by Gasteiger charge is -2.35. The minimum atomic E-state index is 0. The number of piperidine rings is 1. The van der Waals surface area contributed by atoms with Gasteiger partial charge in [-0.05, 0) is 55.8 Å². The number of hydrogen-bond acceptors (Lipinski definition) is 3. The van der Waals surface area contributed by atoms with Crippen LogP contribution in [0, 0.1) is 5.92 Å². The van der Waals surface area contributed by atoms with Gasteiger partial charge in [0.15, 0.2) is 5.96 Å².